The van der Waals surface area contributed by atoms with Gasteiger partial charge in [-0.3, -0.25) is 48.1 Å². The normalized spacial score (nSPS) is 14.4. The quantitative estimate of drug-likeness (QED) is 0.0604. The number of hydrogen-bond donors (Lipinski definition) is 6. The van der Waals surface area contributed by atoms with E-state index in [0.717, 1.165) is 32.1 Å². The average Bonchev–Trinajstić information content (AvgIpc) is 3.77. The molecule has 21 nitrogen and oxygen atoms in total. The number of fused-ring (bicyclic) bond motifs is 3. The third-order valence-corrected chi connectivity index (χ3v) is 14.4. The number of nitrogens with one attached hydrogen (secondary N) is 5. The van der Waals surface area contributed by atoms with Gasteiger partial charge in [-0.1, -0.05) is 120 Å². The van der Waals surface area contributed by atoms with E-state index in [-0.39, 0.29) is 56.0 Å². The van der Waals surface area contributed by atoms with Crippen LogP contribution in [0.2, 0.25) is 0 Å². The number of ether oxygens (including phenoxy) is 1. The number of aliphatic carboxylic acids is 1. The van der Waals surface area contributed by atoms with E-state index >= 15 is 0 Å². The summed E-state index contributed by atoms with van der Waals surface area (Å²) in [5, 5.41) is 22.0. The number of nitrogens with zero attached hydrogens (tertiary/aromatic N) is 4. The number of amides is 9. The second-order valence-corrected chi connectivity index (χ2v) is 22.0. The van der Waals surface area contributed by atoms with Gasteiger partial charge in [-0.2, -0.15) is 0 Å². The van der Waals surface area contributed by atoms with Crippen LogP contribution in [0.4, 0.5) is 4.79 Å². The fourth-order valence-electron chi connectivity index (χ4n) is 9.40. The zero-order valence-electron chi connectivity index (χ0n) is 48.5. The van der Waals surface area contributed by atoms with Gasteiger partial charge in [-0.15, -0.1) is 0 Å². The molecule has 0 spiro atoms. The highest BCUT2D eigenvalue weighted by molar-refractivity contribution is 5.97. The molecular formula is C59H83N9O12. The Kier molecular flexibility index (Phi) is 24.2. The Balaban J connectivity index is 1.40. The second-order valence-electron chi connectivity index (χ2n) is 22.0. The third-order valence-electron chi connectivity index (χ3n) is 14.4. The van der Waals surface area contributed by atoms with Crippen molar-refractivity contribution in [3.05, 3.63) is 95.6 Å². The van der Waals surface area contributed by atoms with Crippen molar-refractivity contribution in [2.24, 2.45) is 17.8 Å². The second kappa shape index (κ2) is 29.9. The van der Waals surface area contributed by atoms with E-state index in [1.807, 2.05) is 90.1 Å². The molecule has 7 atom stereocenters. The molecule has 4 rings (SSSR count). The summed E-state index contributed by atoms with van der Waals surface area (Å²) < 4.78 is 5.79. The highest BCUT2D eigenvalue weighted by atomic mass is 16.6. The zero-order chi connectivity index (χ0) is 59.7. The van der Waals surface area contributed by atoms with Crippen LogP contribution in [0, 0.1) is 17.8 Å². The van der Waals surface area contributed by atoms with Gasteiger partial charge in [0.05, 0.1) is 6.54 Å². The van der Waals surface area contributed by atoms with Crippen molar-refractivity contribution in [1.82, 2.24) is 46.2 Å². The average molecular weight is 1110 g/mol. The molecule has 0 heterocycles. The van der Waals surface area contributed by atoms with Gasteiger partial charge in [0.25, 0.3) is 0 Å². The highest BCUT2D eigenvalue weighted by Crippen LogP contribution is 2.44. The maximum absolute atomic E-state index is 14.4. The van der Waals surface area contributed by atoms with Crippen LogP contribution in [0.5, 0.6) is 0 Å². The summed E-state index contributed by atoms with van der Waals surface area (Å²) in [6, 6.07) is 16.9. The third kappa shape index (κ3) is 17.8. The number of carboxylic acids is 1. The number of rotatable bonds is 28. The molecule has 1 aliphatic rings. The Hall–Kier alpha value is -7.84. The van der Waals surface area contributed by atoms with Crippen LogP contribution >= 0.6 is 0 Å². The summed E-state index contributed by atoms with van der Waals surface area (Å²) in [5.74, 6) is -6.98. The van der Waals surface area contributed by atoms with Gasteiger partial charge in [0.1, 0.15) is 55.4 Å². The van der Waals surface area contributed by atoms with Gasteiger partial charge >= 0.3 is 12.1 Å². The van der Waals surface area contributed by atoms with Crippen molar-refractivity contribution in [3.8, 4) is 11.1 Å². The summed E-state index contributed by atoms with van der Waals surface area (Å²) in [6.45, 7) is 14.3. The lowest BCUT2D eigenvalue weighted by Gasteiger charge is -2.34. The van der Waals surface area contributed by atoms with E-state index in [1.54, 1.807) is 30.3 Å². The number of likely N-dealkylation sites (N-methyl/N-ethyl adjacent to an activating group) is 4. The van der Waals surface area contributed by atoms with Crippen LogP contribution in [-0.4, -0.2) is 174 Å². The lowest BCUT2D eigenvalue weighted by Crippen LogP contribution is -2.59. The van der Waals surface area contributed by atoms with Crippen molar-refractivity contribution in [3.63, 3.8) is 0 Å². The summed E-state index contributed by atoms with van der Waals surface area (Å²) >= 11 is 0. The monoisotopic (exact) mass is 1110 g/mol. The van der Waals surface area contributed by atoms with Crippen molar-refractivity contribution in [2.45, 2.75) is 136 Å². The summed E-state index contributed by atoms with van der Waals surface area (Å²) in [7, 11) is 5.66. The van der Waals surface area contributed by atoms with Gasteiger partial charge in [-0.05, 0) is 85.6 Å². The molecule has 436 valence electrons. The van der Waals surface area contributed by atoms with E-state index in [1.165, 1.54) is 58.8 Å². The summed E-state index contributed by atoms with van der Waals surface area (Å²) in [6.07, 6.45) is -0.126. The lowest BCUT2D eigenvalue weighted by atomic mass is 9.98. The number of carboxylic acid groups (broad SMARTS) is 1. The van der Waals surface area contributed by atoms with Crippen LogP contribution in [0.3, 0.4) is 0 Å². The first-order valence-corrected chi connectivity index (χ1v) is 27.2. The van der Waals surface area contributed by atoms with Crippen LogP contribution < -0.4 is 26.6 Å². The minimum Gasteiger partial charge on any atom is -0.480 e. The number of hydrogen-bond acceptors (Lipinski definition) is 11. The van der Waals surface area contributed by atoms with E-state index in [4.69, 9.17) is 9.84 Å². The van der Waals surface area contributed by atoms with Crippen LogP contribution in [0.15, 0.2) is 78.9 Å². The molecular weight excluding hydrogens is 1030 g/mol. The van der Waals surface area contributed by atoms with Gasteiger partial charge in [0, 0.05) is 40.5 Å². The van der Waals surface area contributed by atoms with E-state index in [9.17, 15) is 47.9 Å². The summed E-state index contributed by atoms with van der Waals surface area (Å²) in [4.78, 5) is 140. The Labute approximate surface area is 470 Å². The maximum Gasteiger partial charge on any atom is 0.410 e. The maximum atomic E-state index is 14.4. The fraction of sp³-hybridized carbons (Fsp3) is 0.525. The van der Waals surface area contributed by atoms with Gasteiger partial charge in [0.2, 0.25) is 47.3 Å². The Morgan fingerprint density at radius 1 is 0.500 bits per heavy atom. The van der Waals surface area contributed by atoms with Gasteiger partial charge in [-0.25, -0.2) is 4.79 Å². The molecule has 21 heteroatoms. The van der Waals surface area contributed by atoms with E-state index in [2.05, 4.69) is 26.6 Å². The van der Waals surface area contributed by atoms with E-state index < -0.39 is 115 Å². The van der Waals surface area contributed by atoms with Crippen LogP contribution in [0.1, 0.15) is 104 Å². The first-order chi connectivity index (χ1) is 37.6. The van der Waals surface area contributed by atoms with Crippen molar-refractivity contribution >= 4 is 59.3 Å². The Bertz CT molecular complexity index is 2640. The molecule has 0 radical (unpaired) electrons. The van der Waals surface area contributed by atoms with Crippen LogP contribution in [0.25, 0.3) is 11.1 Å². The topological polar surface area (TPSA) is 273 Å². The largest absolute Gasteiger partial charge is 0.480 e. The molecule has 9 amide bonds. The Morgan fingerprint density at radius 2 is 0.988 bits per heavy atom. The number of benzene rings is 3. The molecule has 1 aliphatic carbocycles. The van der Waals surface area contributed by atoms with Gasteiger partial charge < -0.3 is 51.1 Å². The molecule has 0 saturated carbocycles. The number of carbonyl (C=O) groups excluding carboxylic acids is 9. The molecule has 0 aromatic heterocycles. The van der Waals surface area contributed by atoms with E-state index in [0.29, 0.717) is 5.56 Å². The molecule has 0 aliphatic heterocycles. The summed E-state index contributed by atoms with van der Waals surface area (Å²) in [5.41, 5.74) is 4.91. The zero-order valence-corrected chi connectivity index (χ0v) is 48.5. The number of carbonyl (C=O) groups is 10. The molecule has 0 unspecified atom stereocenters. The molecule has 0 saturated heterocycles. The minimum absolute atomic E-state index is 0.0249. The highest BCUT2D eigenvalue weighted by Gasteiger charge is 2.38. The standard InChI is InChI=1S/C59H83N9O12/c1-34(2)27-46(55(75)61-32-51(70)71)63-53(73)38(8)65(10)58(78)49(30-40-21-15-14-16-22-40)67(12)50(69)31-60-52(72)37(7)62-56(76)48(29-36(5)6)68(13)57(77)47(28-35(3)4)64-54(74)39(9)66(11)59(79)80-33-45-43-25-19-17-23-41(43)42-24-18-20-26-44(42)45/h14-26,34-39,45-49H,27-33H2,1-13H3,(H,60,72)(H,61,75)(H,62,76)(H,63,73)(H,64,74)(H,70,71)/t37-,38-,39-,46-,47-,48-,49-/m0/s1. The lowest BCUT2D eigenvalue weighted by molar-refractivity contribution is -0.147. The van der Waals surface area contributed by atoms with Crippen molar-refractivity contribution in [1.29, 1.82) is 0 Å². The molecule has 3 aromatic rings. The molecule has 0 fully saturated rings. The first kappa shape index (κ1) is 64.7. The molecule has 0 bridgehead atoms. The predicted octanol–water partition coefficient (Wildman–Crippen LogP) is 3.93. The minimum atomic E-state index is -1.26. The molecule has 80 heavy (non-hydrogen) atoms. The fourth-order valence-corrected chi connectivity index (χ4v) is 9.40. The molecule has 6 N–H and O–H groups in total. The SMILES string of the molecule is CC(C)C[C@H](NC(=O)[C@H](C)N(C)C(=O)[C@H](Cc1ccccc1)N(C)C(=O)CNC(=O)[C@H](C)NC(=O)[C@H](CC(C)C)N(C)C(=O)[C@H](CC(C)C)NC(=O)[C@H](C)N(C)C(=O)OCC1c2ccccc2-c2ccccc21)C(=O)NCC(=O)O. The molecule has 3 aromatic carbocycles. The van der Waals surface area contributed by atoms with Gasteiger partial charge in [0.15, 0.2) is 0 Å². The van der Waals surface area contributed by atoms with Crippen molar-refractivity contribution < 1.29 is 57.8 Å². The Morgan fingerprint density at radius 3 is 1.52 bits per heavy atom. The van der Waals surface area contributed by atoms with Crippen molar-refractivity contribution in [2.75, 3.05) is 47.9 Å². The van der Waals surface area contributed by atoms with Crippen LogP contribution in [-0.2, 0) is 54.3 Å². The first-order valence-electron chi connectivity index (χ1n) is 27.2. The predicted molar refractivity (Wildman–Crippen MR) is 301 cm³/mol. The smallest absolute Gasteiger partial charge is 0.410 e.